The summed E-state index contributed by atoms with van der Waals surface area (Å²) in [6.45, 7) is 0. The van der Waals surface area contributed by atoms with Gasteiger partial charge in [-0.3, -0.25) is 9.78 Å². The normalized spacial score (nSPS) is 10.8. The molecule has 6 heteroatoms. The molecule has 1 amide bonds. The lowest BCUT2D eigenvalue weighted by molar-refractivity contribution is 0.102. The quantitative estimate of drug-likeness (QED) is 0.484. The molecule has 0 saturated carbocycles. The fourth-order valence-corrected chi connectivity index (χ4v) is 4.63. The number of para-hydroxylation sites is 1. The molecule has 0 unspecified atom stereocenters. The molecule has 2 aromatic carbocycles. The van der Waals surface area contributed by atoms with Crippen molar-refractivity contribution >= 4 is 44.9 Å². The van der Waals surface area contributed by atoms with Crippen LogP contribution in [-0.4, -0.2) is 15.9 Å². The number of anilines is 1. The lowest BCUT2D eigenvalue weighted by atomic mass is 10.1. The van der Waals surface area contributed by atoms with E-state index in [1.807, 2.05) is 48.5 Å². The van der Waals surface area contributed by atoms with Crippen LogP contribution in [0.2, 0.25) is 0 Å². The van der Waals surface area contributed by atoms with Crippen molar-refractivity contribution < 1.29 is 4.79 Å². The van der Waals surface area contributed by atoms with Gasteiger partial charge in [0.05, 0.1) is 22.1 Å². The molecule has 0 radical (unpaired) electrons. The molecule has 0 aliphatic rings. The first kappa shape index (κ1) is 16.8. The second-order valence-electron chi connectivity index (χ2n) is 5.59. The highest BCUT2D eigenvalue weighted by atomic mass is 32.2. The third-order valence-corrected chi connectivity index (χ3v) is 6.03. The highest BCUT2D eigenvalue weighted by Gasteiger charge is 2.12. The molecule has 0 atom stereocenters. The van der Waals surface area contributed by atoms with Gasteiger partial charge in [-0.15, -0.1) is 11.3 Å². The number of rotatable bonds is 5. The molecule has 2 aromatic heterocycles. The van der Waals surface area contributed by atoms with Gasteiger partial charge in [-0.05, 0) is 35.9 Å². The number of aromatic nitrogens is 2. The Bertz CT molecular complexity index is 1010. The molecule has 0 fully saturated rings. The summed E-state index contributed by atoms with van der Waals surface area (Å²) in [5.41, 5.74) is 3.36. The Morgan fingerprint density at radius 2 is 1.88 bits per heavy atom. The third-order valence-electron chi connectivity index (χ3n) is 3.81. The smallest absolute Gasteiger partial charge is 0.256 e. The van der Waals surface area contributed by atoms with Crippen molar-refractivity contribution in [3.8, 4) is 0 Å². The molecular weight excluding hydrogens is 362 g/mol. The van der Waals surface area contributed by atoms with E-state index in [9.17, 15) is 4.79 Å². The predicted octanol–water partition coefficient (Wildman–Crippen LogP) is 5.24. The predicted molar refractivity (Wildman–Crippen MR) is 108 cm³/mol. The van der Waals surface area contributed by atoms with Gasteiger partial charge in [0.1, 0.15) is 0 Å². The SMILES string of the molecule is O=C(Nc1cccnc1)c1ccccc1CSc1nc2ccccc2s1. The molecule has 1 N–H and O–H groups in total. The maximum atomic E-state index is 12.6. The number of thioether (sulfide) groups is 1. The molecule has 4 rings (SSSR count). The Balaban J connectivity index is 1.51. The lowest BCUT2D eigenvalue weighted by Gasteiger charge is -2.09. The summed E-state index contributed by atoms with van der Waals surface area (Å²) in [7, 11) is 0. The number of nitrogens with zero attached hydrogens (tertiary/aromatic N) is 2. The first-order valence-corrected chi connectivity index (χ1v) is 9.87. The Morgan fingerprint density at radius 3 is 2.73 bits per heavy atom. The van der Waals surface area contributed by atoms with Gasteiger partial charge in [-0.25, -0.2) is 4.98 Å². The van der Waals surface area contributed by atoms with Crippen molar-refractivity contribution in [1.82, 2.24) is 9.97 Å². The van der Waals surface area contributed by atoms with Gasteiger partial charge in [0, 0.05) is 17.5 Å². The van der Waals surface area contributed by atoms with E-state index in [1.54, 1.807) is 41.6 Å². The summed E-state index contributed by atoms with van der Waals surface area (Å²) in [5.74, 6) is 0.565. The Labute approximate surface area is 159 Å². The van der Waals surface area contributed by atoms with E-state index in [0.717, 1.165) is 15.4 Å². The van der Waals surface area contributed by atoms with Gasteiger partial charge in [0.15, 0.2) is 4.34 Å². The maximum absolute atomic E-state index is 12.6. The molecule has 128 valence electrons. The van der Waals surface area contributed by atoms with E-state index < -0.39 is 0 Å². The standard InChI is InChI=1S/C20H15N3OS2/c24-19(22-15-7-5-11-21-12-15)16-8-2-1-6-14(16)13-25-20-23-17-9-3-4-10-18(17)26-20/h1-12H,13H2,(H,22,24). The van der Waals surface area contributed by atoms with E-state index in [4.69, 9.17) is 0 Å². The van der Waals surface area contributed by atoms with E-state index in [2.05, 4.69) is 21.4 Å². The van der Waals surface area contributed by atoms with Gasteiger partial charge in [-0.2, -0.15) is 0 Å². The van der Waals surface area contributed by atoms with Gasteiger partial charge >= 0.3 is 0 Å². The minimum atomic E-state index is -0.126. The van der Waals surface area contributed by atoms with Crippen LogP contribution < -0.4 is 5.32 Å². The van der Waals surface area contributed by atoms with E-state index in [-0.39, 0.29) is 5.91 Å². The van der Waals surface area contributed by atoms with Crippen molar-refractivity contribution in [2.24, 2.45) is 0 Å². The zero-order valence-corrected chi connectivity index (χ0v) is 15.4. The number of carbonyl (C=O) groups excluding carboxylic acids is 1. The number of hydrogen-bond acceptors (Lipinski definition) is 5. The number of benzene rings is 2. The number of pyridine rings is 1. The van der Waals surface area contributed by atoms with Crippen LogP contribution in [0.15, 0.2) is 77.4 Å². The minimum Gasteiger partial charge on any atom is -0.321 e. The number of carbonyl (C=O) groups is 1. The number of amides is 1. The molecule has 0 aliphatic heterocycles. The first-order chi connectivity index (χ1) is 12.8. The molecule has 0 bridgehead atoms. The zero-order valence-electron chi connectivity index (χ0n) is 13.8. The molecule has 2 heterocycles. The summed E-state index contributed by atoms with van der Waals surface area (Å²) in [6, 6.07) is 19.4. The van der Waals surface area contributed by atoms with Gasteiger partial charge in [0.2, 0.25) is 0 Å². The molecule has 4 nitrogen and oxygen atoms in total. The Hall–Kier alpha value is -2.70. The fraction of sp³-hybridized carbons (Fsp3) is 0.0500. The van der Waals surface area contributed by atoms with Crippen molar-refractivity contribution in [1.29, 1.82) is 0 Å². The van der Waals surface area contributed by atoms with Crippen LogP contribution >= 0.6 is 23.1 Å². The van der Waals surface area contributed by atoms with Crippen LogP contribution in [-0.2, 0) is 5.75 Å². The molecular formula is C20H15N3OS2. The summed E-state index contributed by atoms with van der Waals surface area (Å²) in [6.07, 6.45) is 3.31. The monoisotopic (exact) mass is 377 g/mol. The summed E-state index contributed by atoms with van der Waals surface area (Å²) < 4.78 is 2.19. The highest BCUT2D eigenvalue weighted by molar-refractivity contribution is 8.00. The van der Waals surface area contributed by atoms with Crippen LogP contribution in [0, 0.1) is 0 Å². The zero-order chi connectivity index (χ0) is 17.8. The molecule has 0 spiro atoms. The Kier molecular flexibility index (Phi) is 4.95. The number of fused-ring (bicyclic) bond motifs is 1. The Morgan fingerprint density at radius 1 is 1.04 bits per heavy atom. The molecule has 0 saturated heterocycles. The van der Waals surface area contributed by atoms with Crippen LogP contribution in [0.25, 0.3) is 10.2 Å². The summed E-state index contributed by atoms with van der Waals surface area (Å²) in [4.78, 5) is 21.3. The third kappa shape index (κ3) is 3.76. The van der Waals surface area contributed by atoms with Crippen molar-refractivity contribution in [3.05, 3.63) is 84.2 Å². The molecule has 0 aliphatic carbocycles. The maximum Gasteiger partial charge on any atom is 0.256 e. The second kappa shape index (κ2) is 7.68. The molecule has 26 heavy (non-hydrogen) atoms. The van der Waals surface area contributed by atoms with Crippen molar-refractivity contribution in [2.45, 2.75) is 10.1 Å². The fourth-order valence-electron chi connectivity index (χ4n) is 2.56. The average molecular weight is 377 g/mol. The number of thiazole rings is 1. The van der Waals surface area contributed by atoms with Gasteiger partial charge in [-0.1, -0.05) is 42.1 Å². The minimum absolute atomic E-state index is 0.126. The van der Waals surface area contributed by atoms with Crippen LogP contribution in [0.1, 0.15) is 15.9 Å². The summed E-state index contributed by atoms with van der Waals surface area (Å²) >= 11 is 3.33. The summed E-state index contributed by atoms with van der Waals surface area (Å²) in [5, 5.41) is 2.89. The average Bonchev–Trinajstić information content (AvgIpc) is 3.10. The lowest BCUT2D eigenvalue weighted by Crippen LogP contribution is -2.14. The van der Waals surface area contributed by atoms with E-state index in [0.29, 0.717) is 17.0 Å². The van der Waals surface area contributed by atoms with E-state index >= 15 is 0 Å². The van der Waals surface area contributed by atoms with Crippen LogP contribution in [0.3, 0.4) is 0 Å². The largest absolute Gasteiger partial charge is 0.321 e. The molecule has 4 aromatic rings. The number of hydrogen-bond donors (Lipinski definition) is 1. The van der Waals surface area contributed by atoms with Crippen molar-refractivity contribution in [3.63, 3.8) is 0 Å². The van der Waals surface area contributed by atoms with Gasteiger partial charge < -0.3 is 5.32 Å². The first-order valence-electron chi connectivity index (χ1n) is 8.07. The van der Waals surface area contributed by atoms with Crippen LogP contribution in [0.5, 0.6) is 0 Å². The van der Waals surface area contributed by atoms with Crippen LogP contribution in [0.4, 0.5) is 5.69 Å². The van der Waals surface area contributed by atoms with Gasteiger partial charge in [0.25, 0.3) is 5.91 Å². The highest BCUT2D eigenvalue weighted by Crippen LogP contribution is 2.32. The topological polar surface area (TPSA) is 54.9 Å². The van der Waals surface area contributed by atoms with Crippen molar-refractivity contribution in [2.75, 3.05) is 5.32 Å². The number of nitrogens with one attached hydrogen (secondary N) is 1. The second-order valence-corrected chi connectivity index (χ2v) is 7.84. The van der Waals surface area contributed by atoms with E-state index in [1.165, 1.54) is 4.70 Å².